The minimum atomic E-state index is -0.457. The van der Waals surface area contributed by atoms with E-state index in [1.807, 2.05) is 6.92 Å². The molecule has 4 heteroatoms. The zero-order chi connectivity index (χ0) is 15.8. The van der Waals surface area contributed by atoms with Crippen LogP contribution in [-0.4, -0.2) is 18.6 Å². The lowest BCUT2D eigenvalue weighted by Gasteiger charge is -2.18. The molecule has 0 unspecified atom stereocenters. The van der Waals surface area contributed by atoms with Gasteiger partial charge < -0.3 is 10.1 Å². The molecule has 0 saturated heterocycles. The minimum absolute atomic E-state index is 0.0474. The zero-order valence-corrected chi connectivity index (χ0v) is 13.9. The van der Waals surface area contributed by atoms with Crippen LogP contribution < -0.4 is 10.1 Å². The molecular formula is C18H24ClNO2. The van der Waals surface area contributed by atoms with E-state index in [4.69, 9.17) is 16.3 Å². The number of allylic oxidation sites excluding steroid dienone is 1. The number of carbonyl (C=O) groups excluding carboxylic acids is 1. The van der Waals surface area contributed by atoms with Gasteiger partial charge in [0.15, 0.2) is 6.10 Å². The highest BCUT2D eigenvalue weighted by atomic mass is 35.5. The van der Waals surface area contributed by atoms with Crippen LogP contribution in [0, 0.1) is 0 Å². The fourth-order valence-electron chi connectivity index (χ4n) is 2.59. The largest absolute Gasteiger partial charge is 0.481 e. The Morgan fingerprint density at radius 2 is 2.09 bits per heavy atom. The molecule has 22 heavy (non-hydrogen) atoms. The van der Waals surface area contributed by atoms with Crippen molar-refractivity contribution in [1.82, 2.24) is 5.32 Å². The van der Waals surface area contributed by atoms with Crippen molar-refractivity contribution in [3.8, 4) is 5.75 Å². The Kier molecular flexibility index (Phi) is 6.78. The van der Waals surface area contributed by atoms with Gasteiger partial charge in [0.05, 0.1) is 0 Å². The molecule has 120 valence electrons. The number of halogens is 1. The Balaban J connectivity index is 1.78. The Labute approximate surface area is 137 Å². The Morgan fingerprint density at radius 1 is 1.32 bits per heavy atom. The van der Waals surface area contributed by atoms with Crippen molar-refractivity contribution >= 4 is 17.5 Å². The maximum atomic E-state index is 12.2. The number of hydrogen-bond acceptors (Lipinski definition) is 2. The van der Waals surface area contributed by atoms with Crippen molar-refractivity contribution in [1.29, 1.82) is 0 Å². The molecule has 0 aliphatic heterocycles. The first-order chi connectivity index (χ1) is 10.7. The first-order valence-electron chi connectivity index (χ1n) is 8.07. The molecule has 0 fully saturated rings. The molecule has 3 nitrogen and oxygen atoms in total. The van der Waals surface area contributed by atoms with Gasteiger partial charge in [0.1, 0.15) is 5.75 Å². The minimum Gasteiger partial charge on any atom is -0.481 e. The van der Waals surface area contributed by atoms with Crippen molar-refractivity contribution in [2.75, 3.05) is 6.54 Å². The lowest BCUT2D eigenvalue weighted by molar-refractivity contribution is -0.128. The maximum absolute atomic E-state index is 12.2. The molecule has 1 aromatic rings. The summed E-state index contributed by atoms with van der Waals surface area (Å²) in [6.07, 6.45) is 8.37. The molecule has 1 N–H and O–H groups in total. The summed E-state index contributed by atoms with van der Waals surface area (Å²) in [6.45, 7) is 2.63. The quantitative estimate of drug-likeness (QED) is 0.751. The van der Waals surface area contributed by atoms with E-state index in [2.05, 4.69) is 11.4 Å². The van der Waals surface area contributed by atoms with E-state index < -0.39 is 6.10 Å². The zero-order valence-electron chi connectivity index (χ0n) is 13.1. The Bertz CT molecular complexity index is 510. The van der Waals surface area contributed by atoms with Crippen LogP contribution in [0.4, 0.5) is 0 Å². The van der Waals surface area contributed by atoms with Gasteiger partial charge in [-0.25, -0.2) is 0 Å². The van der Waals surface area contributed by atoms with Crippen molar-refractivity contribution in [3.05, 3.63) is 40.9 Å². The summed E-state index contributed by atoms with van der Waals surface area (Å²) < 4.78 is 5.74. The maximum Gasteiger partial charge on any atom is 0.261 e. The van der Waals surface area contributed by atoms with Gasteiger partial charge in [-0.2, -0.15) is 0 Å². The van der Waals surface area contributed by atoms with E-state index in [1.165, 1.54) is 31.3 Å². The average molecular weight is 322 g/mol. The molecule has 0 spiro atoms. The van der Waals surface area contributed by atoms with Crippen molar-refractivity contribution in [2.24, 2.45) is 0 Å². The highest BCUT2D eigenvalue weighted by molar-refractivity contribution is 6.30. The number of carbonyl (C=O) groups is 1. The summed E-state index contributed by atoms with van der Waals surface area (Å²) in [5.74, 6) is 0.621. The predicted molar refractivity (Wildman–Crippen MR) is 90.3 cm³/mol. The lowest BCUT2D eigenvalue weighted by atomic mass is 9.97. The Morgan fingerprint density at radius 3 is 2.73 bits per heavy atom. The van der Waals surface area contributed by atoms with E-state index in [0.717, 1.165) is 6.42 Å². The predicted octanol–water partition coefficient (Wildman–Crippen LogP) is 4.50. The van der Waals surface area contributed by atoms with E-state index in [0.29, 0.717) is 23.7 Å². The lowest BCUT2D eigenvalue weighted by Crippen LogP contribution is -2.38. The fourth-order valence-corrected chi connectivity index (χ4v) is 2.72. The SMILES string of the molecule is CC[C@H](Oc1ccc(Cl)cc1)C(=O)NCCC1=CCCCC1. The first kappa shape index (κ1) is 16.9. The molecule has 0 heterocycles. The van der Waals surface area contributed by atoms with Crippen LogP contribution in [-0.2, 0) is 4.79 Å². The highest BCUT2D eigenvalue weighted by Crippen LogP contribution is 2.20. The molecule has 1 aliphatic carbocycles. The molecule has 1 atom stereocenters. The van der Waals surface area contributed by atoms with E-state index in [-0.39, 0.29) is 5.91 Å². The van der Waals surface area contributed by atoms with Gasteiger partial charge in [0.2, 0.25) is 0 Å². The standard InChI is InChI=1S/C18H24ClNO2/c1-2-17(22-16-10-8-15(19)9-11-16)18(21)20-13-12-14-6-4-3-5-7-14/h6,8-11,17H,2-5,7,12-13H2,1H3,(H,20,21)/t17-/m0/s1. The van der Waals surface area contributed by atoms with Crippen LogP contribution in [0.5, 0.6) is 5.75 Å². The number of ether oxygens (including phenoxy) is 1. The third-order valence-corrected chi connectivity index (χ3v) is 4.14. The Hall–Kier alpha value is -1.48. The average Bonchev–Trinajstić information content (AvgIpc) is 2.55. The normalized spacial score (nSPS) is 15.8. The number of amides is 1. The number of hydrogen-bond donors (Lipinski definition) is 1. The number of nitrogens with one attached hydrogen (secondary N) is 1. The van der Waals surface area contributed by atoms with Crippen molar-refractivity contribution < 1.29 is 9.53 Å². The molecule has 0 saturated carbocycles. The molecular weight excluding hydrogens is 298 g/mol. The van der Waals surface area contributed by atoms with Crippen LogP contribution in [0.25, 0.3) is 0 Å². The van der Waals surface area contributed by atoms with Gasteiger partial charge in [-0.05, 0) is 62.8 Å². The fraction of sp³-hybridized carbons (Fsp3) is 0.500. The summed E-state index contributed by atoms with van der Waals surface area (Å²) in [5.41, 5.74) is 1.47. The summed E-state index contributed by atoms with van der Waals surface area (Å²) in [6, 6.07) is 7.09. The summed E-state index contributed by atoms with van der Waals surface area (Å²) in [4.78, 5) is 12.2. The summed E-state index contributed by atoms with van der Waals surface area (Å²) in [5, 5.41) is 3.64. The third-order valence-electron chi connectivity index (χ3n) is 3.89. The van der Waals surface area contributed by atoms with Crippen LogP contribution in [0.15, 0.2) is 35.9 Å². The second-order valence-corrected chi connectivity index (χ2v) is 6.05. The molecule has 0 aromatic heterocycles. The van der Waals surface area contributed by atoms with Gasteiger partial charge in [0, 0.05) is 11.6 Å². The van der Waals surface area contributed by atoms with Crippen molar-refractivity contribution in [2.45, 2.75) is 51.6 Å². The van der Waals surface area contributed by atoms with Gasteiger partial charge in [-0.1, -0.05) is 30.2 Å². The van der Waals surface area contributed by atoms with Gasteiger partial charge in [0.25, 0.3) is 5.91 Å². The molecule has 1 aromatic carbocycles. The van der Waals surface area contributed by atoms with Crippen molar-refractivity contribution in [3.63, 3.8) is 0 Å². The third kappa shape index (κ3) is 5.38. The highest BCUT2D eigenvalue weighted by Gasteiger charge is 2.18. The molecule has 1 aliphatic rings. The van der Waals surface area contributed by atoms with Gasteiger partial charge in [-0.15, -0.1) is 0 Å². The molecule has 0 radical (unpaired) electrons. The number of rotatable bonds is 7. The summed E-state index contributed by atoms with van der Waals surface area (Å²) >= 11 is 5.85. The van der Waals surface area contributed by atoms with E-state index in [1.54, 1.807) is 24.3 Å². The topological polar surface area (TPSA) is 38.3 Å². The van der Waals surface area contributed by atoms with Crippen LogP contribution in [0.1, 0.15) is 45.4 Å². The molecule has 0 bridgehead atoms. The van der Waals surface area contributed by atoms with Gasteiger partial charge >= 0.3 is 0 Å². The van der Waals surface area contributed by atoms with Crippen LogP contribution in [0.3, 0.4) is 0 Å². The van der Waals surface area contributed by atoms with Gasteiger partial charge in [-0.3, -0.25) is 4.79 Å². The second kappa shape index (κ2) is 8.84. The first-order valence-corrected chi connectivity index (χ1v) is 8.44. The van der Waals surface area contributed by atoms with E-state index >= 15 is 0 Å². The molecule has 1 amide bonds. The van der Waals surface area contributed by atoms with Crippen LogP contribution in [0.2, 0.25) is 5.02 Å². The smallest absolute Gasteiger partial charge is 0.261 e. The second-order valence-electron chi connectivity index (χ2n) is 5.62. The monoisotopic (exact) mass is 321 g/mol. The van der Waals surface area contributed by atoms with Crippen LogP contribution >= 0.6 is 11.6 Å². The van der Waals surface area contributed by atoms with E-state index in [9.17, 15) is 4.79 Å². The number of benzene rings is 1. The molecule has 2 rings (SSSR count). The summed E-state index contributed by atoms with van der Waals surface area (Å²) in [7, 11) is 0.